The van der Waals surface area contributed by atoms with Gasteiger partial charge < -0.3 is 0 Å². The average molecular weight is 156 g/mol. The summed E-state index contributed by atoms with van der Waals surface area (Å²) in [6, 6.07) is 0. The minimum atomic E-state index is 0.988. The molecule has 0 radical (unpaired) electrons. The molecule has 2 rings (SSSR count). The SMILES string of the molecule is PC1C2CCCC1CCC2. The van der Waals surface area contributed by atoms with Crippen LogP contribution in [0.15, 0.2) is 0 Å². The second-order valence-electron chi connectivity index (χ2n) is 3.96. The molecule has 1 unspecified atom stereocenters. The van der Waals surface area contributed by atoms with Crippen molar-refractivity contribution in [1.82, 2.24) is 0 Å². The molecule has 0 N–H and O–H groups in total. The van der Waals surface area contributed by atoms with Gasteiger partial charge in [0.1, 0.15) is 0 Å². The van der Waals surface area contributed by atoms with Crippen molar-refractivity contribution in [3.8, 4) is 0 Å². The van der Waals surface area contributed by atoms with Gasteiger partial charge in [-0.2, -0.15) is 0 Å². The van der Waals surface area contributed by atoms with Crippen LogP contribution in [0.3, 0.4) is 0 Å². The van der Waals surface area contributed by atoms with Crippen molar-refractivity contribution < 1.29 is 0 Å². The van der Waals surface area contributed by atoms with Crippen LogP contribution in [0.25, 0.3) is 0 Å². The van der Waals surface area contributed by atoms with Crippen molar-refractivity contribution in [2.45, 2.75) is 44.2 Å². The highest BCUT2D eigenvalue weighted by atomic mass is 31.0. The lowest BCUT2D eigenvalue weighted by molar-refractivity contribution is 0.201. The molecule has 2 bridgehead atoms. The van der Waals surface area contributed by atoms with E-state index in [-0.39, 0.29) is 0 Å². The zero-order valence-corrected chi connectivity index (χ0v) is 7.71. The van der Waals surface area contributed by atoms with E-state index >= 15 is 0 Å². The predicted octanol–water partition coefficient (Wildman–Crippen LogP) is 2.83. The number of hydrogen-bond acceptors (Lipinski definition) is 0. The summed E-state index contributed by atoms with van der Waals surface area (Å²) < 4.78 is 0. The van der Waals surface area contributed by atoms with Crippen LogP contribution in [-0.4, -0.2) is 5.66 Å². The zero-order valence-electron chi connectivity index (χ0n) is 6.55. The summed E-state index contributed by atoms with van der Waals surface area (Å²) >= 11 is 0. The Bertz CT molecular complexity index is 99.9. The summed E-state index contributed by atoms with van der Waals surface area (Å²) in [4.78, 5) is 0. The standard InChI is InChI=1S/C9H17P/c10-9-7-3-1-4-8(9)6-2-5-7/h7-9H,1-6,10H2. The average Bonchev–Trinajstić information content (AvgIpc) is 1.86. The van der Waals surface area contributed by atoms with E-state index in [2.05, 4.69) is 9.24 Å². The molecule has 0 amide bonds. The molecular weight excluding hydrogens is 139 g/mol. The summed E-state index contributed by atoms with van der Waals surface area (Å²) in [6.07, 6.45) is 9.10. The zero-order chi connectivity index (χ0) is 6.97. The Labute approximate surface area is 66.0 Å². The summed E-state index contributed by atoms with van der Waals surface area (Å²) in [6.45, 7) is 0. The van der Waals surface area contributed by atoms with Gasteiger partial charge in [0.2, 0.25) is 0 Å². The normalized spacial score (nSPS) is 47.1. The predicted molar refractivity (Wildman–Crippen MR) is 48.2 cm³/mol. The summed E-state index contributed by atoms with van der Waals surface area (Å²) in [7, 11) is 3.08. The van der Waals surface area contributed by atoms with Gasteiger partial charge in [-0.05, 0) is 43.2 Å². The van der Waals surface area contributed by atoms with E-state index in [4.69, 9.17) is 0 Å². The minimum absolute atomic E-state index is 0.988. The highest BCUT2D eigenvalue weighted by Crippen LogP contribution is 2.43. The van der Waals surface area contributed by atoms with E-state index in [1.165, 1.54) is 38.5 Å². The van der Waals surface area contributed by atoms with Crippen LogP contribution >= 0.6 is 9.24 Å². The van der Waals surface area contributed by atoms with Gasteiger partial charge in [-0.15, -0.1) is 9.24 Å². The van der Waals surface area contributed by atoms with E-state index in [9.17, 15) is 0 Å². The molecular formula is C9H17P. The fourth-order valence-electron chi connectivity index (χ4n) is 2.73. The Kier molecular flexibility index (Phi) is 2.00. The molecule has 0 aliphatic heterocycles. The lowest BCUT2D eigenvalue weighted by atomic mass is 9.72. The molecule has 10 heavy (non-hydrogen) atoms. The molecule has 0 saturated heterocycles. The lowest BCUT2D eigenvalue weighted by Gasteiger charge is -2.40. The van der Waals surface area contributed by atoms with E-state index < -0.39 is 0 Å². The molecule has 0 spiro atoms. The maximum atomic E-state index is 3.08. The van der Waals surface area contributed by atoms with Crippen molar-refractivity contribution in [3.63, 3.8) is 0 Å². The molecule has 0 heterocycles. The first-order valence-electron chi connectivity index (χ1n) is 4.63. The Morgan fingerprint density at radius 3 is 1.50 bits per heavy atom. The second-order valence-corrected chi connectivity index (χ2v) is 4.73. The lowest BCUT2D eigenvalue weighted by Crippen LogP contribution is -2.32. The monoisotopic (exact) mass is 156 g/mol. The highest BCUT2D eigenvalue weighted by Gasteiger charge is 2.32. The van der Waals surface area contributed by atoms with Gasteiger partial charge >= 0.3 is 0 Å². The van der Waals surface area contributed by atoms with Crippen molar-refractivity contribution in [3.05, 3.63) is 0 Å². The molecule has 2 fully saturated rings. The van der Waals surface area contributed by atoms with E-state index in [0.29, 0.717) is 0 Å². The van der Waals surface area contributed by atoms with Gasteiger partial charge in [-0.3, -0.25) is 0 Å². The maximum Gasteiger partial charge on any atom is -0.0208 e. The van der Waals surface area contributed by atoms with Crippen molar-refractivity contribution in [2.24, 2.45) is 11.8 Å². The Morgan fingerprint density at radius 2 is 1.20 bits per heavy atom. The van der Waals surface area contributed by atoms with Crippen LogP contribution in [0.5, 0.6) is 0 Å². The molecule has 58 valence electrons. The van der Waals surface area contributed by atoms with Crippen LogP contribution in [0, 0.1) is 11.8 Å². The molecule has 0 aromatic rings. The van der Waals surface area contributed by atoms with Gasteiger partial charge in [0.05, 0.1) is 0 Å². The first-order chi connectivity index (χ1) is 4.88. The van der Waals surface area contributed by atoms with Gasteiger partial charge in [0, 0.05) is 0 Å². The Balaban J connectivity index is 2.05. The summed E-state index contributed by atoms with van der Waals surface area (Å²) in [5.74, 6) is 2.16. The van der Waals surface area contributed by atoms with Gasteiger partial charge in [0.15, 0.2) is 0 Å². The fourth-order valence-corrected chi connectivity index (χ4v) is 3.50. The molecule has 1 heteroatoms. The molecule has 0 aromatic carbocycles. The van der Waals surface area contributed by atoms with E-state index in [1.54, 1.807) is 0 Å². The van der Waals surface area contributed by atoms with Crippen LogP contribution in [0.4, 0.5) is 0 Å². The van der Waals surface area contributed by atoms with E-state index in [1.807, 2.05) is 0 Å². The Hall–Kier alpha value is 0.430. The van der Waals surface area contributed by atoms with Gasteiger partial charge in [0.25, 0.3) is 0 Å². The second kappa shape index (κ2) is 2.81. The molecule has 2 aliphatic rings. The van der Waals surface area contributed by atoms with Crippen LogP contribution < -0.4 is 0 Å². The number of rotatable bonds is 0. The number of hydrogen-bond donors (Lipinski definition) is 0. The topological polar surface area (TPSA) is 0 Å². The minimum Gasteiger partial charge on any atom is -0.134 e. The van der Waals surface area contributed by atoms with E-state index in [0.717, 1.165) is 17.5 Å². The van der Waals surface area contributed by atoms with Crippen LogP contribution in [0.1, 0.15) is 38.5 Å². The quantitative estimate of drug-likeness (QED) is 0.473. The van der Waals surface area contributed by atoms with Gasteiger partial charge in [-0.1, -0.05) is 12.8 Å². The third-order valence-corrected chi connectivity index (χ3v) is 4.48. The molecule has 0 nitrogen and oxygen atoms in total. The van der Waals surface area contributed by atoms with Crippen molar-refractivity contribution in [2.75, 3.05) is 0 Å². The van der Waals surface area contributed by atoms with Gasteiger partial charge in [-0.25, -0.2) is 0 Å². The smallest absolute Gasteiger partial charge is 0.0208 e. The summed E-state index contributed by atoms with van der Waals surface area (Å²) in [5, 5.41) is 0. The molecule has 1 atom stereocenters. The van der Waals surface area contributed by atoms with Crippen LogP contribution in [0.2, 0.25) is 0 Å². The largest absolute Gasteiger partial charge is 0.134 e. The number of fused-ring (bicyclic) bond motifs is 2. The third-order valence-electron chi connectivity index (χ3n) is 3.39. The Morgan fingerprint density at radius 1 is 0.800 bits per heavy atom. The first kappa shape index (κ1) is 7.10. The third kappa shape index (κ3) is 1.11. The summed E-state index contributed by atoms with van der Waals surface area (Å²) in [5.41, 5.74) is 0.988. The molecule has 2 saturated carbocycles. The van der Waals surface area contributed by atoms with Crippen molar-refractivity contribution >= 4 is 9.24 Å². The first-order valence-corrected chi connectivity index (χ1v) is 5.30. The van der Waals surface area contributed by atoms with Crippen molar-refractivity contribution in [1.29, 1.82) is 0 Å². The molecule has 0 aromatic heterocycles. The molecule has 2 aliphatic carbocycles. The highest BCUT2D eigenvalue weighted by molar-refractivity contribution is 7.17. The van der Waals surface area contributed by atoms with Crippen LogP contribution in [-0.2, 0) is 0 Å². The fraction of sp³-hybridized carbons (Fsp3) is 1.00. The maximum absolute atomic E-state index is 3.08.